The van der Waals surface area contributed by atoms with Crippen molar-refractivity contribution in [3.05, 3.63) is 77.2 Å². The number of hydrogen-bond acceptors (Lipinski definition) is 5. The lowest BCUT2D eigenvalue weighted by Crippen LogP contribution is -2.27. The van der Waals surface area contributed by atoms with Crippen LogP contribution < -0.4 is 9.64 Å². The number of carboxylic acids is 1. The van der Waals surface area contributed by atoms with Gasteiger partial charge in [-0.2, -0.15) is 0 Å². The van der Waals surface area contributed by atoms with Crippen molar-refractivity contribution in [2.24, 2.45) is 0 Å². The van der Waals surface area contributed by atoms with Gasteiger partial charge in [-0.1, -0.05) is 66.4 Å². The van der Waals surface area contributed by atoms with Crippen molar-refractivity contribution in [2.45, 2.75) is 0 Å². The lowest BCUT2D eigenvalue weighted by Gasteiger charge is -2.15. The molecule has 0 atom stereocenters. The Morgan fingerprint density at radius 1 is 1.07 bits per heavy atom. The second-order valence-corrected chi connectivity index (χ2v) is 7.98. The summed E-state index contributed by atoms with van der Waals surface area (Å²) in [6.45, 7) is -0.399. The van der Waals surface area contributed by atoms with Crippen LogP contribution in [0.15, 0.2) is 71.6 Å². The van der Waals surface area contributed by atoms with Crippen LogP contribution in [0.5, 0.6) is 5.75 Å². The van der Waals surface area contributed by atoms with E-state index in [1.54, 1.807) is 35.2 Å². The summed E-state index contributed by atoms with van der Waals surface area (Å²) < 4.78 is 5.60. The van der Waals surface area contributed by atoms with E-state index in [-0.39, 0.29) is 5.91 Å². The number of fused-ring (bicyclic) bond motifs is 1. The third-order valence-corrected chi connectivity index (χ3v) is 5.63. The average Bonchev–Trinajstić information content (AvgIpc) is 3.00. The van der Waals surface area contributed by atoms with Crippen LogP contribution in [0.4, 0.5) is 5.69 Å². The maximum absolute atomic E-state index is 13.0. The minimum Gasteiger partial charge on any atom is -0.482 e. The van der Waals surface area contributed by atoms with E-state index < -0.39 is 12.6 Å². The number of rotatable bonds is 5. The highest BCUT2D eigenvalue weighted by atomic mass is 32.2. The van der Waals surface area contributed by atoms with Crippen molar-refractivity contribution in [1.29, 1.82) is 0 Å². The number of anilines is 1. The van der Waals surface area contributed by atoms with Gasteiger partial charge in [0, 0.05) is 0 Å². The molecule has 0 unspecified atom stereocenters. The first-order valence-electron chi connectivity index (χ1n) is 8.73. The first-order chi connectivity index (χ1) is 14.0. The van der Waals surface area contributed by atoms with Crippen molar-refractivity contribution in [2.75, 3.05) is 11.5 Å². The van der Waals surface area contributed by atoms with Gasteiger partial charge in [0.25, 0.3) is 5.91 Å². The number of benzene rings is 3. The number of amides is 1. The van der Waals surface area contributed by atoms with Crippen LogP contribution in [0.3, 0.4) is 0 Å². The van der Waals surface area contributed by atoms with Crippen LogP contribution >= 0.6 is 24.0 Å². The zero-order chi connectivity index (χ0) is 20.4. The van der Waals surface area contributed by atoms with Gasteiger partial charge in [0.1, 0.15) is 5.75 Å². The van der Waals surface area contributed by atoms with E-state index in [0.717, 1.165) is 22.0 Å². The molecule has 1 aliphatic heterocycles. The number of nitrogens with zero attached hydrogens (tertiary/aromatic N) is 1. The number of carboxylic acid groups (broad SMARTS) is 1. The van der Waals surface area contributed by atoms with Crippen LogP contribution in [0.25, 0.3) is 16.8 Å². The minimum atomic E-state index is -1.04. The van der Waals surface area contributed by atoms with Gasteiger partial charge in [-0.15, -0.1) is 0 Å². The fourth-order valence-electron chi connectivity index (χ4n) is 2.96. The molecule has 3 aromatic rings. The molecule has 0 radical (unpaired) electrons. The molecule has 5 nitrogen and oxygen atoms in total. The van der Waals surface area contributed by atoms with Gasteiger partial charge in [-0.25, -0.2) is 4.79 Å². The standard InChI is InChI=1S/C22H15NO4S2/c24-20(25)13-27-18-9-5-14(6-10-18)11-19-21(26)23(22(28)29-19)17-8-7-15-3-1-2-4-16(15)12-17/h1-12H,13H2,(H,24,25)/b19-11+. The molecular weight excluding hydrogens is 406 g/mol. The lowest BCUT2D eigenvalue weighted by atomic mass is 10.1. The molecule has 7 heteroatoms. The number of aliphatic carboxylic acids is 1. The van der Waals surface area contributed by atoms with Crippen molar-refractivity contribution in [3.8, 4) is 5.75 Å². The van der Waals surface area contributed by atoms with E-state index in [9.17, 15) is 9.59 Å². The number of ether oxygens (including phenoxy) is 1. The molecule has 3 aromatic carbocycles. The maximum Gasteiger partial charge on any atom is 0.341 e. The first kappa shape index (κ1) is 19.2. The largest absolute Gasteiger partial charge is 0.482 e. The van der Waals surface area contributed by atoms with E-state index in [1.807, 2.05) is 42.5 Å². The Bertz CT molecular complexity index is 1150. The van der Waals surface area contributed by atoms with Crippen molar-refractivity contribution < 1.29 is 19.4 Å². The molecule has 0 aliphatic carbocycles. The molecular formula is C22H15NO4S2. The molecule has 4 rings (SSSR count). The Balaban J connectivity index is 1.56. The molecule has 29 heavy (non-hydrogen) atoms. The fraction of sp³-hybridized carbons (Fsp3) is 0.0455. The van der Waals surface area contributed by atoms with E-state index in [1.165, 1.54) is 11.8 Å². The number of thioether (sulfide) groups is 1. The number of carbonyl (C=O) groups is 2. The van der Waals surface area contributed by atoms with E-state index >= 15 is 0 Å². The summed E-state index contributed by atoms with van der Waals surface area (Å²) in [6, 6.07) is 20.6. The first-order valence-corrected chi connectivity index (χ1v) is 9.95. The van der Waals surface area contributed by atoms with Gasteiger partial charge in [0.2, 0.25) is 0 Å². The smallest absolute Gasteiger partial charge is 0.341 e. The molecule has 1 amide bonds. The molecule has 0 bridgehead atoms. The Morgan fingerprint density at radius 2 is 1.79 bits per heavy atom. The topological polar surface area (TPSA) is 66.8 Å². The highest BCUT2D eigenvalue weighted by Crippen LogP contribution is 2.37. The summed E-state index contributed by atoms with van der Waals surface area (Å²) in [5, 5.41) is 10.8. The molecule has 0 spiro atoms. The van der Waals surface area contributed by atoms with Gasteiger partial charge < -0.3 is 9.84 Å². The van der Waals surface area contributed by atoms with E-state index in [2.05, 4.69) is 0 Å². The van der Waals surface area contributed by atoms with Crippen LogP contribution in [0, 0.1) is 0 Å². The van der Waals surface area contributed by atoms with Gasteiger partial charge in [0.15, 0.2) is 10.9 Å². The van der Waals surface area contributed by atoms with Gasteiger partial charge in [-0.05, 0) is 46.7 Å². The summed E-state index contributed by atoms with van der Waals surface area (Å²) >= 11 is 6.70. The Labute approximate surface area is 176 Å². The van der Waals surface area contributed by atoms with Gasteiger partial charge in [0.05, 0.1) is 10.6 Å². The van der Waals surface area contributed by atoms with E-state index in [4.69, 9.17) is 22.1 Å². The number of hydrogen-bond donors (Lipinski definition) is 1. The second-order valence-electron chi connectivity index (χ2n) is 6.30. The molecule has 0 saturated carbocycles. The highest BCUT2D eigenvalue weighted by Gasteiger charge is 2.33. The van der Waals surface area contributed by atoms with E-state index in [0.29, 0.717) is 15.0 Å². The summed E-state index contributed by atoms with van der Waals surface area (Å²) in [6.07, 6.45) is 1.77. The van der Waals surface area contributed by atoms with Crippen LogP contribution in [-0.4, -0.2) is 27.9 Å². The van der Waals surface area contributed by atoms with Crippen molar-refractivity contribution in [3.63, 3.8) is 0 Å². The predicted octanol–water partition coefficient (Wildman–Crippen LogP) is 4.71. The normalized spacial score (nSPS) is 15.3. The SMILES string of the molecule is O=C(O)COc1ccc(/C=C2/SC(=S)N(c3ccc4ccccc4c3)C2=O)cc1. The third kappa shape index (κ3) is 4.16. The molecule has 0 aromatic heterocycles. The van der Waals surface area contributed by atoms with Crippen molar-refractivity contribution >= 4 is 62.7 Å². The minimum absolute atomic E-state index is 0.165. The number of thiocarbonyl (C=S) groups is 1. The second kappa shape index (κ2) is 8.06. The molecule has 144 valence electrons. The zero-order valence-corrected chi connectivity index (χ0v) is 16.7. The zero-order valence-electron chi connectivity index (χ0n) is 15.1. The van der Waals surface area contributed by atoms with Crippen LogP contribution in [-0.2, 0) is 9.59 Å². The Morgan fingerprint density at radius 3 is 2.52 bits per heavy atom. The summed E-state index contributed by atoms with van der Waals surface area (Å²) in [5.41, 5.74) is 1.54. The summed E-state index contributed by atoms with van der Waals surface area (Å²) in [4.78, 5) is 25.6. The summed E-state index contributed by atoms with van der Waals surface area (Å²) in [5.74, 6) is -0.749. The lowest BCUT2D eigenvalue weighted by molar-refractivity contribution is -0.139. The quantitative estimate of drug-likeness (QED) is 0.475. The molecule has 1 fully saturated rings. The van der Waals surface area contributed by atoms with Crippen LogP contribution in [0.2, 0.25) is 0 Å². The highest BCUT2D eigenvalue weighted by molar-refractivity contribution is 8.27. The van der Waals surface area contributed by atoms with Gasteiger partial charge >= 0.3 is 5.97 Å². The average molecular weight is 421 g/mol. The third-order valence-electron chi connectivity index (χ3n) is 4.33. The monoisotopic (exact) mass is 421 g/mol. The molecule has 1 N–H and O–H groups in total. The van der Waals surface area contributed by atoms with Crippen molar-refractivity contribution in [1.82, 2.24) is 0 Å². The fourth-order valence-corrected chi connectivity index (χ4v) is 4.26. The maximum atomic E-state index is 13.0. The Hall–Kier alpha value is -3.16. The van der Waals surface area contributed by atoms with Crippen LogP contribution in [0.1, 0.15) is 5.56 Å². The molecule has 1 heterocycles. The molecule has 1 saturated heterocycles. The Kier molecular flexibility index (Phi) is 5.33. The molecule has 1 aliphatic rings. The predicted molar refractivity (Wildman–Crippen MR) is 119 cm³/mol. The number of carbonyl (C=O) groups excluding carboxylic acids is 1. The van der Waals surface area contributed by atoms with Gasteiger partial charge in [-0.3, -0.25) is 9.69 Å². The summed E-state index contributed by atoms with van der Waals surface area (Å²) in [7, 11) is 0.